The van der Waals surface area contributed by atoms with E-state index in [1.807, 2.05) is 0 Å². The average Bonchev–Trinajstić information content (AvgIpc) is 1.84. The van der Waals surface area contributed by atoms with Crippen LogP contribution in [0.15, 0.2) is 5.18 Å². The summed E-state index contributed by atoms with van der Waals surface area (Å²) in [4.78, 5) is 28.5. The zero-order chi connectivity index (χ0) is 7.44. The molecule has 0 radical (unpaired) electrons. The van der Waals surface area contributed by atoms with Crippen LogP contribution in [-0.4, -0.2) is 16.2 Å². The van der Waals surface area contributed by atoms with Crippen molar-refractivity contribution in [2.75, 3.05) is 0 Å². The molecule has 0 aliphatic heterocycles. The molecule has 0 fully saturated rings. The van der Waals surface area contributed by atoms with E-state index in [0.29, 0.717) is 0 Å². The number of nitroso groups, excluding NO2 is 1. The minimum Gasteiger partial charge on any atom is -0.235 e. The number of hydrogen-bond donors (Lipinski definition) is 1. The molecule has 0 saturated heterocycles. The van der Waals surface area contributed by atoms with Crippen LogP contribution in [0.5, 0.6) is 0 Å². The second-order valence-electron chi connectivity index (χ2n) is 0.956. The fraction of sp³-hybridized carbons (Fsp3) is 0. The summed E-state index contributed by atoms with van der Waals surface area (Å²) in [5, 5.41) is 9.40. The van der Waals surface area contributed by atoms with Gasteiger partial charge in [0.1, 0.15) is 0 Å². The van der Waals surface area contributed by atoms with Gasteiger partial charge in [-0.2, -0.15) is 5.84 Å². The first-order valence-corrected chi connectivity index (χ1v) is 1.66. The third-order valence-corrected chi connectivity index (χ3v) is 0.450. The van der Waals surface area contributed by atoms with Crippen molar-refractivity contribution in [3.8, 4) is 0 Å². The van der Waals surface area contributed by atoms with Crippen molar-refractivity contribution in [3.63, 3.8) is 0 Å². The number of rotatable bonds is 1. The zero-order valence-electron chi connectivity index (χ0n) is 4.05. The van der Waals surface area contributed by atoms with Gasteiger partial charge in [-0.05, 0) is 0 Å². The number of nitrogens with two attached hydrogens (primary N) is 1. The zero-order valence-corrected chi connectivity index (χ0v) is 4.05. The molecule has 50 valence electrons. The lowest BCUT2D eigenvalue weighted by atomic mass is 11.1. The number of carbonyl (C=O) groups excluding carboxylic acids is 1. The molecule has 8 nitrogen and oxygen atoms in total. The molecule has 0 spiro atoms. The Bertz CT molecular complexity index is 153. The molecule has 0 bridgehead atoms. The van der Waals surface area contributed by atoms with E-state index in [-0.39, 0.29) is 0 Å². The highest BCUT2D eigenvalue weighted by molar-refractivity contribution is 5.72. The topological polar surface area (TPSA) is 119 Å². The molecule has 0 rings (SSSR count). The summed E-state index contributed by atoms with van der Waals surface area (Å²) in [5.74, 6) is 4.36. The monoisotopic (exact) mass is 134 g/mol. The maximum Gasteiger partial charge on any atom is 0.456 e. The van der Waals surface area contributed by atoms with Gasteiger partial charge >= 0.3 is 6.03 Å². The Morgan fingerprint density at radius 3 is 2.33 bits per heavy atom. The molecule has 2 amide bonds. The van der Waals surface area contributed by atoms with Gasteiger partial charge in [0, 0.05) is 10.3 Å². The molecule has 8 heteroatoms. The first-order chi connectivity index (χ1) is 4.09. The Morgan fingerprint density at radius 2 is 2.22 bits per heavy atom. The second kappa shape index (κ2) is 2.67. The van der Waals surface area contributed by atoms with E-state index in [1.54, 1.807) is 5.18 Å². The van der Waals surface area contributed by atoms with Crippen LogP contribution in [-0.2, 0) is 0 Å². The van der Waals surface area contributed by atoms with Crippen LogP contribution in [0.3, 0.4) is 0 Å². The Hall–Kier alpha value is -1.57. The largest absolute Gasteiger partial charge is 0.456 e. The van der Waals surface area contributed by atoms with Crippen LogP contribution in [0.25, 0.3) is 0 Å². The first-order valence-electron chi connectivity index (χ1n) is 1.66. The number of amides is 2. The summed E-state index contributed by atoms with van der Waals surface area (Å²) in [6, 6.07) is -1.64. The van der Waals surface area contributed by atoms with Gasteiger partial charge in [-0.3, -0.25) is 0 Å². The number of urea groups is 1. The van der Waals surface area contributed by atoms with Crippen LogP contribution in [0.1, 0.15) is 0 Å². The van der Waals surface area contributed by atoms with Gasteiger partial charge in [-0.15, -0.1) is 4.91 Å². The van der Waals surface area contributed by atoms with E-state index in [2.05, 4.69) is 5.84 Å². The van der Waals surface area contributed by atoms with Gasteiger partial charge in [0.25, 0.3) is 0 Å². The normalized spacial score (nSPS) is 8.11. The number of hydrazine groups is 2. The van der Waals surface area contributed by atoms with Gasteiger partial charge in [0.05, 0.1) is 0 Å². The van der Waals surface area contributed by atoms with Gasteiger partial charge in [0.2, 0.25) is 0 Å². The Morgan fingerprint density at radius 1 is 1.78 bits per heavy atom. The molecule has 0 unspecified atom stereocenters. The molecule has 9 heavy (non-hydrogen) atoms. The lowest BCUT2D eigenvalue weighted by Gasteiger charge is -1.96. The fourth-order valence-electron chi connectivity index (χ4n) is 0.112. The molecule has 2 N–H and O–H groups in total. The minimum absolute atomic E-state index is 0.507. The van der Waals surface area contributed by atoms with Crippen molar-refractivity contribution in [1.82, 2.24) is 5.12 Å². The molecule has 0 aliphatic carbocycles. The standard InChI is InChI=1S/CH2N4O4/c2-4(5(8)9)1(6)3-7/h2H2. The molecule has 0 atom stereocenters. The van der Waals surface area contributed by atoms with E-state index in [0.717, 1.165) is 0 Å². The van der Waals surface area contributed by atoms with Crippen LogP contribution < -0.4 is 5.84 Å². The van der Waals surface area contributed by atoms with Crippen LogP contribution in [0.2, 0.25) is 0 Å². The molecule has 0 aromatic rings. The molecular weight excluding hydrogens is 132 g/mol. The van der Waals surface area contributed by atoms with E-state index >= 15 is 0 Å². The molecule has 0 aromatic carbocycles. The molecule has 0 heterocycles. The van der Waals surface area contributed by atoms with Gasteiger partial charge in [0.15, 0.2) is 5.03 Å². The lowest BCUT2D eigenvalue weighted by Crippen LogP contribution is -2.40. The van der Waals surface area contributed by atoms with E-state index < -0.39 is 16.2 Å². The summed E-state index contributed by atoms with van der Waals surface area (Å²) in [7, 11) is 0. The molecule has 0 saturated carbocycles. The van der Waals surface area contributed by atoms with Crippen molar-refractivity contribution < 1.29 is 9.83 Å². The number of hydrogen-bond acceptors (Lipinski definition) is 5. The third-order valence-electron chi connectivity index (χ3n) is 0.450. The lowest BCUT2D eigenvalue weighted by molar-refractivity contribution is -0.634. The average molecular weight is 134 g/mol. The van der Waals surface area contributed by atoms with Crippen molar-refractivity contribution in [2.24, 2.45) is 11.0 Å². The summed E-state index contributed by atoms with van der Waals surface area (Å²) in [5.41, 5.74) is 0. The highest BCUT2D eigenvalue weighted by atomic mass is 16.7. The van der Waals surface area contributed by atoms with Crippen LogP contribution in [0.4, 0.5) is 4.79 Å². The molecule has 0 aromatic heterocycles. The van der Waals surface area contributed by atoms with Crippen molar-refractivity contribution in [2.45, 2.75) is 0 Å². The second-order valence-corrected chi connectivity index (χ2v) is 0.956. The van der Waals surface area contributed by atoms with Crippen molar-refractivity contribution in [3.05, 3.63) is 15.0 Å². The molecular formula is CH2N4O4. The third kappa shape index (κ3) is 1.78. The van der Waals surface area contributed by atoms with E-state index in [1.165, 1.54) is 0 Å². The predicted octanol–water partition coefficient (Wildman–Crippen LogP) is -0.760. The summed E-state index contributed by atoms with van der Waals surface area (Å²) in [6.07, 6.45) is 0. The highest BCUT2D eigenvalue weighted by Crippen LogP contribution is 1.82. The van der Waals surface area contributed by atoms with Crippen LogP contribution >= 0.6 is 0 Å². The maximum absolute atomic E-state index is 9.83. The highest BCUT2D eigenvalue weighted by Gasteiger charge is 2.19. The predicted molar refractivity (Wildman–Crippen MR) is 24.2 cm³/mol. The van der Waals surface area contributed by atoms with Gasteiger partial charge in [-0.25, -0.2) is 14.9 Å². The summed E-state index contributed by atoms with van der Waals surface area (Å²) in [6.45, 7) is 0. The smallest absolute Gasteiger partial charge is 0.235 e. The van der Waals surface area contributed by atoms with Crippen molar-refractivity contribution >= 4 is 6.03 Å². The first kappa shape index (κ1) is 7.43. The Balaban J connectivity index is 4.03. The fourth-order valence-corrected chi connectivity index (χ4v) is 0.112. The quantitative estimate of drug-likeness (QED) is 0.166. The summed E-state index contributed by atoms with van der Waals surface area (Å²) >= 11 is 0. The van der Waals surface area contributed by atoms with E-state index in [9.17, 15) is 19.8 Å². The number of nitro groups is 1. The van der Waals surface area contributed by atoms with Gasteiger partial charge < -0.3 is 0 Å². The molecule has 0 aliphatic rings. The summed E-state index contributed by atoms with van der Waals surface area (Å²) < 4.78 is 0. The van der Waals surface area contributed by atoms with Crippen LogP contribution in [0, 0.1) is 15.0 Å². The minimum atomic E-state index is -1.64. The van der Waals surface area contributed by atoms with Crippen molar-refractivity contribution in [1.29, 1.82) is 0 Å². The van der Waals surface area contributed by atoms with Gasteiger partial charge in [-0.1, -0.05) is 0 Å². The Kier molecular flexibility index (Phi) is 2.20. The number of carbonyl (C=O) groups is 1. The Labute approximate surface area is 48.3 Å². The number of nitrogens with zero attached hydrogens (tertiary/aromatic N) is 3. The SMILES string of the molecule is NN(C(=O)N=O)[N+](=O)[O-]. The van der Waals surface area contributed by atoms with E-state index in [4.69, 9.17) is 0 Å². The maximum atomic E-state index is 9.83.